The summed E-state index contributed by atoms with van der Waals surface area (Å²) in [5.74, 6) is 2.12. The van der Waals surface area contributed by atoms with Crippen LogP contribution in [0.1, 0.15) is 44.6 Å². The van der Waals surface area contributed by atoms with Crippen molar-refractivity contribution in [3.63, 3.8) is 0 Å². The zero-order valence-corrected chi connectivity index (χ0v) is 11.9. The maximum absolute atomic E-state index is 6.13. The maximum Gasteiger partial charge on any atom is 0.132 e. The second-order valence-electron chi connectivity index (χ2n) is 6.19. The van der Waals surface area contributed by atoms with Crippen LogP contribution in [0.15, 0.2) is 18.3 Å². The molecular formula is C16H25N3. The minimum atomic E-state index is 0.255. The van der Waals surface area contributed by atoms with Crippen LogP contribution in [0.25, 0.3) is 0 Å². The van der Waals surface area contributed by atoms with Gasteiger partial charge in [-0.05, 0) is 56.1 Å². The van der Waals surface area contributed by atoms with Crippen molar-refractivity contribution >= 4 is 5.82 Å². The molecule has 3 heteroatoms. The van der Waals surface area contributed by atoms with E-state index in [0.717, 1.165) is 24.8 Å². The molecule has 0 spiro atoms. The van der Waals surface area contributed by atoms with Crippen molar-refractivity contribution in [3.05, 3.63) is 23.9 Å². The van der Waals surface area contributed by atoms with Crippen LogP contribution in [0.2, 0.25) is 0 Å². The molecule has 2 aliphatic carbocycles. The smallest absolute Gasteiger partial charge is 0.132 e. The van der Waals surface area contributed by atoms with Crippen LogP contribution in [0.4, 0.5) is 5.82 Å². The fraction of sp³-hybridized carbons (Fsp3) is 0.688. The van der Waals surface area contributed by atoms with Crippen molar-refractivity contribution in [3.8, 4) is 0 Å². The Balaban J connectivity index is 1.79. The lowest BCUT2D eigenvalue weighted by atomic mass is 10.0. The van der Waals surface area contributed by atoms with Crippen molar-refractivity contribution in [2.45, 2.75) is 57.5 Å². The van der Waals surface area contributed by atoms with E-state index in [-0.39, 0.29) is 6.04 Å². The molecule has 2 saturated carbocycles. The summed E-state index contributed by atoms with van der Waals surface area (Å²) in [6.07, 6.45) is 9.39. The summed E-state index contributed by atoms with van der Waals surface area (Å²) < 4.78 is 0. The predicted molar refractivity (Wildman–Crippen MR) is 79.3 cm³/mol. The third kappa shape index (κ3) is 3.27. The summed E-state index contributed by atoms with van der Waals surface area (Å²) >= 11 is 0. The first kappa shape index (κ1) is 12.9. The summed E-state index contributed by atoms with van der Waals surface area (Å²) in [6.45, 7) is 3.36. The highest BCUT2D eigenvalue weighted by Gasteiger charge is 2.35. The van der Waals surface area contributed by atoms with Crippen LogP contribution >= 0.6 is 0 Å². The van der Waals surface area contributed by atoms with Crippen molar-refractivity contribution in [1.82, 2.24) is 4.98 Å². The molecule has 1 atom stereocenters. The molecular weight excluding hydrogens is 234 g/mol. The van der Waals surface area contributed by atoms with Gasteiger partial charge in [0.15, 0.2) is 0 Å². The van der Waals surface area contributed by atoms with Crippen LogP contribution < -0.4 is 10.6 Å². The van der Waals surface area contributed by atoms with Gasteiger partial charge in [-0.15, -0.1) is 0 Å². The number of rotatable bonds is 7. The van der Waals surface area contributed by atoms with E-state index < -0.39 is 0 Å². The monoisotopic (exact) mass is 259 g/mol. The summed E-state index contributed by atoms with van der Waals surface area (Å²) in [5.41, 5.74) is 7.47. The number of anilines is 1. The van der Waals surface area contributed by atoms with E-state index in [0.29, 0.717) is 0 Å². The first-order chi connectivity index (χ1) is 9.28. The van der Waals surface area contributed by atoms with Gasteiger partial charge >= 0.3 is 0 Å². The van der Waals surface area contributed by atoms with Crippen LogP contribution in [0, 0.1) is 5.92 Å². The van der Waals surface area contributed by atoms with Gasteiger partial charge in [-0.1, -0.05) is 13.0 Å². The van der Waals surface area contributed by atoms with E-state index in [2.05, 4.69) is 22.9 Å². The Bertz CT molecular complexity index is 424. The van der Waals surface area contributed by atoms with Crippen molar-refractivity contribution in [2.75, 3.05) is 11.4 Å². The Morgan fingerprint density at radius 1 is 1.37 bits per heavy atom. The minimum Gasteiger partial charge on any atom is -0.353 e. The quantitative estimate of drug-likeness (QED) is 0.818. The molecule has 2 fully saturated rings. The first-order valence-electron chi connectivity index (χ1n) is 7.74. The highest BCUT2D eigenvalue weighted by atomic mass is 15.2. The molecule has 0 amide bonds. The topological polar surface area (TPSA) is 42.1 Å². The minimum absolute atomic E-state index is 0.255. The summed E-state index contributed by atoms with van der Waals surface area (Å²) in [4.78, 5) is 7.24. The molecule has 0 aromatic carbocycles. The normalized spacial score (nSPS) is 20.3. The zero-order chi connectivity index (χ0) is 13.2. The lowest BCUT2D eigenvalue weighted by Crippen LogP contribution is -2.31. The Morgan fingerprint density at radius 3 is 2.79 bits per heavy atom. The van der Waals surface area contributed by atoms with Crippen LogP contribution in [0.3, 0.4) is 0 Å². The molecule has 104 valence electrons. The Kier molecular flexibility index (Phi) is 3.74. The third-order valence-corrected chi connectivity index (χ3v) is 4.29. The summed E-state index contributed by atoms with van der Waals surface area (Å²) in [7, 11) is 0. The van der Waals surface area contributed by atoms with E-state index in [1.54, 1.807) is 0 Å². The van der Waals surface area contributed by atoms with Crippen LogP contribution in [-0.2, 0) is 6.42 Å². The number of nitrogens with two attached hydrogens (primary N) is 1. The molecule has 0 aliphatic heterocycles. The van der Waals surface area contributed by atoms with Gasteiger partial charge in [0, 0.05) is 24.8 Å². The largest absolute Gasteiger partial charge is 0.353 e. The zero-order valence-electron chi connectivity index (χ0n) is 11.9. The van der Waals surface area contributed by atoms with E-state index in [1.165, 1.54) is 43.6 Å². The van der Waals surface area contributed by atoms with Gasteiger partial charge in [0.1, 0.15) is 5.82 Å². The van der Waals surface area contributed by atoms with E-state index >= 15 is 0 Å². The molecule has 1 heterocycles. The Labute approximate surface area is 116 Å². The lowest BCUT2D eigenvalue weighted by Gasteiger charge is -2.26. The van der Waals surface area contributed by atoms with E-state index in [1.807, 2.05) is 12.3 Å². The SMILES string of the molecule is CCC(N)Cc1cccnc1N(CC1CC1)C1CC1. The van der Waals surface area contributed by atoms with Crippen molar-refractivity contribution < 1.29 is 0 Å². The average molecular weight is 259 g/mol. The average Bonchev–Trinajstić information content (AvgIpc) is 3.28. The van der Waals surface area contributed by atoms with Gasteiger partial charge in [0.05, 0.1) is 0 Å². The van der Waals surface area contributed by atoms with Gasteiger partial charge in [-0.25, -0.2) is 4.98 Å². The highest BCUT2D eigenvalue weighted by Crippen LogP contribution is 2.38. The number of aromatic nitrogens is 1. The third-order valence-electron chi connectivity index (χ3n) is 4.29. The fourth-order valence-corrected chi connectivity index (χ4v) is 2.65. The van der Waals surface area contributed by atoms with Gasteiger partial charge in [0.2, 0.25) is 0 Å². The maximum atomic E-state index is 6.13. The summed E-state index contributed by atoms with van der Waals surface area (Å²) in [5, 5.41) is 0. The van der Waals surface area contributed by atoms with Gasteiger partial charge < -0.3 is 10.6 Å². The van der Waals surface area contributed by atoms with Gasteiger partial charge in [0.25, 0.3) is 0 Å². The van der Waals surface area contributed by atoms with E-state index in [9.17, 15) is 0 Å². The van der Waals surface area contributed by atoms with Gasteiger partial charge in [-0.3, -0.25) is 0 Å². The van der Waals surface area contributed by atoms with Crippen molar-refractivity contribution in [2.24, 2.45) is 11.7 Å². The number of nitrogens with zero attached hydrogens (tertiary/aromatic N) is 2. The molecule has 3 nitrogen and oxygen atoms in total. The lowest BCUT2D eigenvalue weighted by molar-refractivity contribution is 0.637. The fourth-order valence-electron chi connectivity index (χ4n) is 2.65. The first-order valence-corrected chi connectivity index (χ1v) is 7.74. The Morgan fingerprint density at radius 2 is 2.16 bits per heavy atom. The second-order valence-corrected chi connectivity index (χ2v) is 6.19. The molecule has 2 aliphatic rings. The van der Waals surface area contributed by atoms with Gasteiger partial charge in [-0.2, -0.15) is 0 Å². The molecule has 2 N–H and O–H groups in total. The second kappa shape index (κ2) is 5.49. The summed E-state index contributed by atoms with van der Waals surface area (Å²) in [6, 6.07) is 5.25. The molecule has 1 aromatic rings. The molecule has 0 saturated heterocycles. The number of hydrogen-bond donors (Lipinski definition) is 1. The van der Waals surface area contributed by atoms with Crippen LogP contribution in [0.5, 0.6) is 0 Å². The molecule has 3 rings (SSSR count). The molecule has 0 radical (unpaired) electrons. The molecule has 0 bridgehead atoms. The number of hydrogen-bond acceptors (Lipinski definition) is 3. The number of pyridine rings is 1. The highest BCUT2D eigenvalue weighted by molar-refractivity contribution is 5.49. The standard InChI is InChI=1S/C16H25N3/c1-2-14(17)10-13-4-3-9-18-16(13)19(15-7-8-15)11-12-5-6-12/h3-4,9,12,14-15H,2,5-8,10-11,17H2,1H3. The van der Waals surface area contributed by atoms with Crippen LogP contribution in [-0.4, -0.2) is 23.6 Å². The van der Waals surface area contributed by atoms with E-state index in [4.69, 9.17) is 5.73 Å². The Hall–Kier alpha value is -1.09. The predicted octanol–water partition coefficient (Wildman–Crippen LogP) is 2.74. The molecule has 1 unspecified atom stereocenters. The molecule has 1 aromatic heterocycles. The molecule has 19 heavy (non-hydrogen) atoms. The van der Waals surface area contributed by atoms with Crippen molar-refractivity contribution in [1.29, 1.82) is 0 Å².